The van der Waals surface area contributed by atoms with Crippen LogP contribution in [0.1, 0.15) is 39.5 Å². The summed E-state index contributed by atoms with van der Waals surface area (Å²) in [7, 11) is 0. The zero-order valence-electron chi connectivity index (χ0n) is 11.7. The van der Waals surface area contributed by atoms with Crippen LogP contribution in [0.4, 0.5) is 4.79 Å². The number of aliphatic carboxylic acids is 1. The summed E-state index contributed by atoms with van der Waals surface area (Å²) in [6.07, 6.45) is 3.39. The van der Waals surface area contributed by atoms with Crippen LogP contribution in [-0.4, -0.2) is 63.8 Å². The summed E-state index contributed by atoms with van der Waals surface area (Å²) in [6.45, 7) is 4.01. The Morgan fingerprint density at radius 3 is 2.63 bits per heavy atom. The Hall–Kier alpha value is -1.30. The molecule has 2 unspecified atom stereocenters. The summed E-state index contributed by atoms with van der Waals surface area (Å²) in [5, 5.41) is 18.3. The van der Waals surface area contributed by atoms with E-state index in [4.69, 9.17) is 5.11 Å². The van der Waals surface area contributed by atoms with Gasteiger partial charge in [-0.15, -0.1) is 0 Å². The molecule has 2 atom stereocenters. The molecule has 2 amide bonds. The lowest BCUT2D eigenvalue weighted by Gasteiger charge is -2.39. The lowest BCUT2D eigenvalue weighted by Crippen LogP contribution is -2.54. The molecule has 1 aliphatic rings. The number of aliphatic hydroxyl groups is 1. The number of aliphatic hydroxyl groups excluding tert-OH is 1. The molecule has 0 bridgehead atoms. The average molecular weight is 272 g/mol. The molecule has 0 aromatic rings. The minimum atomic E-state index is -1.01. The normalized spacial score (nSPS) is 21.0. The van der Waals surface area contributed by atoms with Gasteiger partial charge < -0.3 is 20.0 Å². The Labute approximate surface area is 114 Å². The number of carboxylic acids is 1. The maximum atomic E-state index is 12.5. The van der Waals surface area contributed by atoms with Crippen molar-refractivity contribution in [1.82, 2.24) is 9.80 Å². The van der Waals surface area contributed by atoms with Gasteiger partial charge in [-0.05, 0) is 32.6 Å². The van der Waals surface area contributed by atoms with Gasteiger partial charge in [0.2, 0.25) is 0 Å². The van der Waals surface area contributed by atoms with E-state index in [2.05, 4.69) is 0 Å². The van der Waals surface area contributed by atoms with Crippen LogP contribution in [-0.2, 0) is 4.79 Å². The van der Waals surface area contributed by atoms with Gasteiger partial charge in [0.15, 0.2) is 0 Å². The summed E-state index contributed by atoms with van der Waals surface area (Å²) in [4.78, 5) is 26.4. The number of hydrogen-bond acceptors (Lipinski definition) is 3. The molecule has 1 saturated heterocycles. The van der Waals surface area contributed by atoms with Crippen LogP contribution < -0.4 is 0 Å². The van der Waals surface area contributed by atoms with E-state index in [0.717, 1.165) is 19.3 Å². The minimum Gasteiger partial charge on any atom is -0.480 e. The van der Waals surface area contributed by atoms with E-state index in [1.54, 1.807) is 4.90 Å². The van der Waals surface area contributed by atoms with Crippen LogP contribution in [0.3, 0.4) is 0 Å². The molecule has 2 N–H and O–H groups in total. The van der Waals surface area contributed by atoms with E-state index in [1.165, 1.54) is 4.90 Å². The number of hydrogen-bond donors (Lipinski definition) is 2. The predicted molar refractivity (Wildman–Crippen MR) is 70.9 cm³/mol. The number of rotatable bonds is 5. The molecule has 0 radical (unpaired) electrons. The van der Waals surface area contributed by atoms with Gasteiger partial charge in [-0.1, -0.05) is 6.92 Å². The molecular weight excluding hydrogens is 248 g/mol. The Balaban J connectivity index is 2.81. The standard InChI is InChI=1S/C13H24N2O4/c1-3-10(2)15(8-12(17)18)13(19)14-7-5-4-6-11(14)9-16/h10-11,16H,3-9H2,1-2H3,(H,17,18). The van der Waals surface area contributed by atoms with Gasteiger partial charge in [-0.25, -0.2) is 4.79 Å². The maximum Gasteiger partial charge on any atom is 0.323 e. The fourth-order valence-electron chi connectivity index (χ4n) is 2.39. The third-order valence-corrected chi connectivity index (χ3v) is 3.76. The van der Waals surface area contributed by atoms with Gasteiger partial charge in [0, 0.05) is 12.6 Å². The van der Waals surface area contributed by atoms with E-state index >= 15 is 0 Å². The van der Waals surface area contributed by atoms with Crippen molar-refractivity contribution in [3.8, 4) is 0 Å². The van der Waals surface area contributed by atoms with Crippen molar-refractivity contribution < 1.29 is 19.8 Å². The highest BCUT2D eigenvalue weighted by Crippen LogP contribution is 2.19. The average Bonchev–Trinajstić information content (AvgIpc) is 2.42. The molecule has 0 saturated carbocycles. The lowest BCUT2D eigenvalue weighted by molar-refractivity contribution is -0.138. The van der Waals surface area contributed by atoms with E-state index < -0.39 is 5.97 Å². The van der Waals surface area contributed by atoms with Gasteiger partial charge in [-0.2, -0.15) is 0 Å². The summed E-state index contributed by atoms with van der Waals surface area (Å²) in [6, 6.07) is -0.568. The number of likely N-dealkylation sites (tertiary alicyclic amines) is 1. The molecule has 19 heavy (non-hydrogen) atoms. The summed E-state index contributed by atoms with van der Waals surface area (Å²) in [5.41, 5.74) is 0. The van der Waals surface area contributed by atoms with Crippen LogP contribution in [0.2, 0.25) is 0 Å². The summed E-state index contributed by atoms with van der Waals surface area (Å²) >= 11 is 0. The molecule has 1 fully saturated rings. The number of amides is 2. The minimum absolute atomic E-state index is 0.0623. The number of carbonyl (C=O) groups excluding carboxylic acids is 1. The van der Waals surface area contributed by atoms with Crippen LogP contribution in [0, 0.1) is 0 Å². The second kappa shape index (κ2) is 7.33. The predicted octanol–water partition coefficient (Wildman–Crippen LogP) is 1.14. The maximum absolute atomic E-state index is 12.5. The molecule has 0 aromatic heterocycles. The van der Waals surface area contributed by atoms with Crippen LogP contribution >= 0.6 is 0 Å². The van der Waals surface area contributed by atoms with Gasteiger partial charge in [0.05, 0.1) is 12.6 Å². The zero-order valence-corrected chi connectivity index (χ0v) is 11.7. The Bertz CT molecular complexity index is 322. The molecule has 1 rings (SSSR count). The molecular formula is C13H24N2O4. The molecule has 6 nitrogen and oxygen atoms in total. The van der Waals surface area contributed by atoms with Crippen molar-refractivity contribution in [1.29, 1.82) is 0 Å². The third kappa shape index (κ3) is 4.09. The smallest absolute Gasteiger partial charge is 0.323 e. The van der Waals surface area contributed by atoms with Crippen molar-refractivity contribution in [2.24, 2.45) is 0 Å². The highest BCUT2D eigenvalue weighted by molar-refractivity contribution is 5.80. The fourth-order valence-corrected chi connectivity index (χ4v) is 2.39. The molecule has 6 heteroatoms. The highest BCUT2D eigenvalue weighted by atomic mass is 16.4. The quantitative estimate of drug-likeness (QED) is 0.786. The summed E-state index contributed by atoms with van der Waals surface area (Å²) < 4.78 is 0. The number of nitrogens with zero attached hydrogens (tertiary/aromatic N) is 2. The first-order chi connectivity index (χ1) is 9.01. The van der Waals surface area contributed by atoms with Crippen LogP contribution in [0.15, 0.2) is 0 Å². The largest absolute Gasteiger partial charge is 0.480 e. The molecule has 0 aromatic carbocycles. The molecule has 1 aliphatic heterocycles. The third-order valence-electron chi connectivity index (χ3n) is 3.76. The van der Waals surface area contributed by atoms with Crippen LogP contribution in [0.25, 0.3) is 0 Å². The molecule has 0 aliphatic carbocycles. The second-order valence-corrected chi connectivity index (χ2v) is 5.09. The fraction of sp³-hybridized carbons (Fsp3) is 0.846. The Kier molecular flexibility index (Phi) is 6.08. The van der Waals surface area contributed by atoms with Gasteiger partial charge in [-0.3, -0.25) is 4.79 Å². The molecule has 110 valence electrons. The number of carboxylic acid groups (broad SMARTS) is 1. The van der Waals surface area contributed by atoms with E-state index in [-0.39, 0.29) is 31.3 Å². The van der Waals surface area contributed by atoms with Gasteiger partial charge in [0.1, 0.15) is 6.54 Å². The highest BCUT2D eigenvalue weighted by Gasteiger charge is 2.32. The topological polar surface area (TPSA) is 81.1 Å². The van der Waals surface area contributed by atoms with Gasteiger partial charge >= 0.3 is 12.0 Å². The van der Waals surface area contributed by atoms with Gasteiger partial charge in [0.25, 0.3) is 0 Å². The van der Waals surface area contributed by atoms with Crippen molar-refractivity contribution in [3.05, 3.63) is 0 Å². The van der Waals surface area contributed by atoms with Crippen molar-refractivity contribution in [2.75, 3.05) is 19.7 Å². The van der Waals surface area contributed by atoms with E-state index in [0.29, 0.717) is 13.0 Å². The van der Waals surface area contributed by atoms with E-state index in [1.807, 2.05) is 13.8 Å². The second-order valence-electron chi connectivity index (χ2n) is 5.09. The number of piperidine rings is 1. The Morgan fingerprint density at radius 1 is 1.42 bits per heavy atom. The monoisotopic (exact) mass is 272 g/mol. The first kappa shape index (κ1) is 15.8. The first-order valence-corrected chi connectivity index (χ1v) is 6.91. The molecule has 1 heterocycles. The Morgan fingerprint density at radius 2 is 2.11 bits per heavy atom. The summed E-state index contributed by atoms with van der Waals surface area (Å²) in [5.74, 6) is -1.01. The van der Waals surface area contributed by atoms with Crippen molar-refractivity contribution in [2.45, 2.75) is 51.6 Å². The number of carbonyl (C=O) groups is 2. The number of urea groups is 1. The van der Waals surface area contributed by atoms with E-state index in [9.17, 15) is 14.7 Å². The first-order valence-electron chi connectivity index (χ1n) is 6.91. The van der Waals surface area contributed by atoms with Crippen molar-refractivity contribution in [3.63, 3.8) is 0 Å². The zero-order chi connectivity index (χ0) is 14.4. The van der Waals surface area contributed by atoms with Crippen LogP contribution in [0.5, 0.6) is 0 Å². The SMILES string of the molecule is CCC(C)N(CC(=O)O)C(=O)N1CCCCC1CO. The van der Waals surface area contributed by atoms with Crippen molar-refractivity contribution >= 4 is 12.0 Å². The lowest BCUT2D eigenvalue weighted by atomic mass is 10.0. The molecule has 0 spiro atoms.